The molecule has 3 heterocycles. The van der Waals surface area contributed by atoms with Crippen molar-refractivity contribution in [1.82, 2.24) is 15.3 Å². The Balaban J connectivity index is 1.69. The number of rotatable bonds is 3. The summed E-state index contributed by atoms with van der Waals surface area (Å²) in [6, 6.07) is 8.21. The molecule has 0 saturated carbocycles. The molecule has 0 fully saturated rings. The molecule has 0 radical (unpaired) electrons. The molecule has 0 aliphatic carbocycles. The summed E-state index contributed by atoms with van der Waals surface area (Å²) in [7, 11) is 0. The van der Waals surface area contributed by atoms with Gasteiger partial charge in [-0.3, -0.25) is 0 Å². The van der Waals surface area contributed by atoms with Gasteiger partial charge in [-0.25, -0.2) is 9.97 Å². The summed E-state index contributed by atoms with van der Waals surface area (Å²) in [6.07, 6.45) is 2.95. The number of hydrogen-bond acceptors (Lipinski definition) is 4. The molecule has 4 rings (SSSR count). The molecule has 1 aromatic carbocycles. The molecule has 1 aromatic heterocycles. The SMILES string of the molecule is CCCc1nc(C2Cc3ccccc3O2)nc2c1CNC2. The fourth-order valence-corrected chi connectivity index (χ4v) is 3.17. The van der Waals surface area contributed by atoms with Crippen LogP contribution in [0.1, 0.15) is 47.8 Å². The Kier molecular flexibility index (Phi) is 3.11. The number of ether oxygens (including phenoxy) is 1. The van der Waals surface area contributed by atoms with E-state index in [2.05, 4.69) is 24.4 Å². The fraction of sp³-hybridized carbons (Fsp3) is 0.412. The predicted molar refractivity (Wildman–Crippen MR) is 80.1 cm³/mol. The lowest BCUT2D eigenvalue weighted by molar-refractivity contribution is 0.226. The van der Waals surface area contributed by atoms with Crippen molar-refractivity contribution in [3.63, 3.8) is 0 Å². The van der Waals surface area contributed by atoms with Crippen molar-refractivity contribution in [1.29, 1.82) is 0 Å². The minimum absolute atomic E-state index is 0.0380. The van der Waals surface area contributed by atoms with Gasteiger partial charge in [-0.1, -0.05) is 31.5 Å². The van der Waals surface area contributed by atoms with Crippen molar-refractivity contribution in [3.05, 3.63) is 52.6 Å². The molecule has 2 aliphatic rings. The number of nitrogens with one attached hydrogen (secondary N) is 1. The summed E-state index contributed by atoms with van der Waals surface area (Å²) in [5.41, 5.74) is 4.91. The highest BCUT2D eigenvalue weighted by Gasteiger charge is 2.28. The molecule has 1 N–H and O–H groups in total. The minimum atomic E-state index is -0.0380. The zero-order valence-electron chi connectivity index (χ0n) is 12.2. The van der Waals surface area contributed by atoms with Gasteiger partial charge in [0.15, 0.2) is 11.9 Å². The molecule has 4 heteroatoms. The van der Waals surface area contributed by atoms with Gasteiger partial charge in [0.1, 0.15) is 5.75 Å². The molecule has 4 nitrogen and oxygen atoms in total. The van der Waals surface area contributed by atoms with E-state index in [1.165, 1.54) is 16.8 Å². The third-order valence-electron chi connectivity index (χ3n) is 4.21. The number of para-hydroxylation sites is 1. The van der Waals surface area contributed by atoms with E-state index >= 15 is 0 Å². The van der Waals surface area contributed by atoms with Gasteiger partial charge in [0.2, 0.25) is 0 Å². The van der Waals surface area contributed by atoms with E-state index < -0.39 is 0 Å². The van der Waals surface area contributed by atoms with Crippen molar-refractivity contribution in [3.8, 4) is 5.75 Å². The maximum absolute atomic E-state index is 6.04. The van der Waals surface area contributed by atoms with Crippen molar-refractivity contribution in [2.24, 2.45) is 0 Å². The smallest absolute Gasteiger partial charge is 0.170 e. The Labute approximate surface area is 124 Å². The van der Waals surface area contributed by atoms with Crippen LogP contribution in [0.4, 0.5) is 0 Å². The molecule has 1 unspecified atom stereocenters. The lowest BCUT2D eigenvalue weighted by Crippen LogP contribution is -2.13. The van der Waals surface area contributed by atoms with Crippen LogP contribution in [0.3, 0.4) is 0 Å². The van der Waals surface area contributed by atoms with Crippen LogP contribution in [0.25, 0.3) is 0 Å². The van der Waals surface area contributed by atoms with E-state index in [4.69, 9.17) is 14.7 Å². The highest BCUT2D eigenvalue weighted by molar-refractivity contribution is 5.39. The summed E-state index contributed by atoms with van der Waals surface area (Å²) in [6.45, 7) is 3.94. The molecule has 2 aliphatic heterocycles. The second-order valence-electron chi connectivity index (χ2n) is 5.73. The number of hydrogen-bond donors (Lipinski definition) is 1. The Morgan fingerprint density at radius 3 is 3.00 bits per heavy atom. The van der Waals surface area contributed by atoms with Gasteiger partial charge in [-0.15, -0.1) is 0 Å². The lowest BCUT2D eigenvalue weighted by atomic mass is 10.1. The highest BCUT2D eigenvalue weighted by Crippen LogP contribution is 2.35. The largest absolute Gasteiger partial charge is 0.482 e. The summed E-state index contributed by atoms with van der Waals surface area (Å²) in [5, 5.41) is 3.38. The van der Waals surface area contributed by atoms with Gasteiger partial charge >= 0.3 is 0 Å². The molecule has 1 atom stereocenters. The van der Waals surface area contributed by atoms with Crippen LogP contribution < -0.4 is 10.1 Å². The Hall–Kier alpha value is -1.94. The third kappa shape index (κ3) is 2.20. The lowest BCUT2D eigenvalue weighted by Gasteiger charge is -2.13. The summed E-state index contributed by atoms with van der Waals surface area (Å²) in [5.74, 6) is 1.82. The Morgan fingerprint density at radius 1 is 1.24 bits per heavy atom. The summed E-state index contributed by atoms with van der Waals surface area (Å²) >= 11 is 0. The molecule has 0 amide bonds. The van der Waals surface area contributed by atoms with E-state index in [9.17, 15) is 0 Å². The normalized spacial score (nSPS) is 19.2. The van der Waals surface area contributed by atoms with Gasteiger partial charge in [-0.05, 0) is 18.1 Å². The number of aromatic nitrogens is 2. The van der Waals surface area contributed by atoms with Gasteiger partial charge in [-0.2, -0.15) is 0 Å². The Bertz CT molecular complexity index is 659. The van der Waals surface area contributed by atoms with Gasteiger partial charge in [0.25, 0.3) is 0 Å². The van der Waals surface area contributed by atoms with E-state index in [0.717, 1.165) is 49.6 Å². The highest BCUT2D eigenvalue weighted by atomic mass is 16.5. The zero-order valence-corrected chi connectivity index (χ0v) is 12.2. The first-order chi connectivity index (χ1) is 10.3. The van der Waals surface area contributed by atoms with E-state index in [1.54, 1.807) is 0 Å². The molecule has 0 spiro atoms. The number of nitrogens with zero attached hydrogens (tertiary/aromatic N) is 2. The summed E-state index contributed by atoms with van der Waals surface area (Å²) in [4.78, 5) is 9.59. The maximum atomic E-state index is 6.04. The minimum Gasteiger partial charge on any atom is -0.482 e. The fourth-order valence-electron chi connectivity index (χ4n) is 3.17. The summed E-state index contributed by atoms with van der Waals surface area (Å²) < 4.78 is 6.04. The van der Waals surface area contributed by atoms with Crippen LogP contribution in [-0.4, -0.2) is 9.97 Å². The molecule has 108 valence electrons. The molecule has 2 aromatic rings. The molecular weight excluding hydrogens is 262 g/mol. The van der Waals surface area contributed by atoms with Crippen LogP contribution in [0.2, 0.25) is 0 Å². The average Bonchev–Trinajstić information content (AvgIpc) is 3.13. The Morgan fingerprint density at radius 2 is 2.14 bits per heavy atom. The number of aryl methyl sites for hydroxylation is 1. The number of fused-ring (bicyclic) bond motifs is 2. The monoisotopic (exact) mass is 281 g/mol. The number of benzene rings is 1. The predicted octanol–water partition coefficient (Wildman–Crippen LogP) is 2.71. The first-order valence-corrected chi connectivity index (χ1v) is 7.69. The van der Waals surface area contributed by atoms with E-state index in [0.29, 0.717) is 0 Å². The van der Waals surface area contributed by atoms with Crippen LogP contribution in [0.5, 0.6) is 5.75 Å². The van der Waals surface area contributed by atoms with Gasteiger partial charge in [0.05, 0.1) is 5.69 Å². The van der Waals surface area contributed by atoms with Crippen LogP contribution >= 0.6 is 0 Å². The second kappa shape index (κ2) is 5.11. The van der Waals surface area contributed by atoms with E-state index in [1.807, 2.05) is 12.1 Å². The molecular formula is C17H19N3O. The van der Waals surface area contributed by atoms with Crippen molar-refractivity contribution < 1.29 is 4.74 Å². The van der Waals surface area contributed by atoms with Crippen LogP contribution in [-0.2, 0) is 25.9 Å². The molecule has 21 heavy (non-hydrogen) atoms. The maximum Gasteiger partial charge on any atom is 0.170 e. The first-order valence-electron chi connectivity index (χ1n) is 7.69. The van der Waals surface area contributed by atoms with E-state index in [-0.39, 0.29) is 6.10 Å². The molecule has 0 bridgehead atoms. The van der Waals surface area contributed by atoms with Gasteiger partial charge in [0, 0.05) is 30.8 Å². The average molecular weight is 281 g/mol. The quantitative estimate of drug-likeness (QED) is 0.939. The van der Waals surface area contributed by atoms with Crippen molar-refractivity contribution in [2.75, 3.05) is 0 Å². The van der Waals surface area contributed by atoms with Crippen molar-refractivity contribution in [2.45, 2.75) is 45.4 Å². The van der Waals surface area contributed by atoms with Crippen LogP contribution in [0.15, 0.2) is 24.3 Å². The van der Waals surface area contributed by atoms with Crippen LogP contribution in [0, 0.1) is 0 Å². The first kappa shape index (κ1) is 12.8. The third-order valence-corrected chi connectivity index (χ3v) is 4.21. The van der Waals surface area contributed by atoms with Crippen molar-refractivity contribution >= 4 is 0 Å². The van der Waals surface area contributed by atoms with Gasteiger partial charge < -0.3 is 10.1 Å². The topological polar surface area (TPSA) is 47.0 Å². The standard InChI is InChI=1S/C17H19N3O/c1-2-5-13-12-9-18-10-14(12)20-17(19-13)16-8-11-6-3-4-7-15(11)21-16/h3-4,6-7,16,18H,2,5,8-10H2,1H3. The zero-order chi connectivity index (χ0) is 14.2. The second-order valence-corrected chi connectivity index (χ2v) is 5.73. The molecule has 0 saturated heterocycles.